The van der Waals surface area contributed by atoms with Gasteiger partial charge < -0.3 is 0 Å². The van der Waals surface area contributed by atoms with Crippen molar-refractivity contribution in [3.05, 3.63) is 87.2 Å². The monoisotopic (exact) mass is 537 g/mol. The predicted octanol–water partition coefficient (Wildman–Crippen LogP) is 10.6. The molecule has 0 saturated carbocycles. The Kier molecular flexibility index (Phi) is 13.3. The summed E-state index contributed by atoms with van der Waals surface area (Å²) >= 11 is 0. The highest BCUT2D eigenvalue weighted by atomic mass is 14.8. The molecule has 0 N–H and O–H groups in total. The van der Waals surface area contributed by atoms with Gasteiger partial charge in [-0.25, -0.2) is 4.98 Å². The maximum Gasteiger partial charge on any atom is 0.0820 e. The summed E-state index contributed by atoms with van der Waals surface area (Å²) in [6.07, 6.45) is 17.6. The lowest BCUT2D eigenvalue weighted by Gasteiger charge is -2.13. The minimum Gasteiger partial charge on any atom is -0.254 e. The van der Waals surface area contributed by atoms with Crippen LogP contribution in [0.1, 0.15) is 124 Å². The zero-order chi connectivity index (χ0) is 28.7. The second kappa shape index (κ2) is 16.9. The van der Waals surface area contributed by atoms with Crippen LogP contribution in [0.5, 0.6) is 0 Å². The van der Waals surface area contributed by atoms with Gasteiger partial charge in [0.1, 0.15) is 0 Å². The molecule has 0 saturated heterocycles. The van der Waals surface area contributed by atoms with Crippen molar-refractivity contribution in [2.45, 2.75) is 119 Å². The molecular weight excluding hydrogens is 486 g/mol. The Morgan fingerprint density at radius 2 is 0.875 bits per heavy atom. The molecular formula is C37H51N3. The summed E-state index contributed by atoms with van der Waals surface area (Å²) in [6, 6.07) is 15.4. The van der Waals surface area contributed by atoms with E-state index in [0.29, 0.717) is 0 Å². The number of nitrogens with zero attached hydrogens (tertiary/aromatic N) is 3. The Morgan fingerprint density at radius 3 is 1.18 bits per heavy atom. The predicted molar refractivity (Wildman–Crippen MR) is 176 cm³/mol. The van der Waals surface area contributed by atoms with E-state index in [1.807, 2.05) is 24.6 Å². The van der Waals surface area contributed by atoms with Crippen LogP contribution in [0, 0.1) is 13.8 Å². The highest BCUT2D eigenvalue weighted by molar-refractivity contribution is 5.85. The molecule has 3 rings (SSSR count). The molecule has 214 valence electrons. The van der Waals surface area contributed by atoms with Crippen LogP contribution in [0.2, 0.25) is 0 Å². The minimum atomic E-state index is 0.869. The number of benzene rings is 2. The Hall–Kier alpha value is -3.07. The Bertz CT molecular complexity index is 1120. The van der Waals surface area contributed by atoms with Gasteiger partial charge in [-0.3, -0.25) is 9.98 Å². The minimum absolute atomic E-state index is 0.869. The molecule has 0 aliphatic heterocycles. The lowest BCUT2D eigenvalue weighted by Crippen LogP contribution is -1.98. The van der Waals surface area contributed by atoms with E-state index in [-0.39, 0.29) is 0 Å². The van der Waals surface area contributed by atoms with E-state index in [1.54, 1.807) is 0 Å². The van der Waals surface area contributed by atoms with Gasteiger partial charge in [0.25, 0.3) is 0 Å². The van der Waals surface area contributed by atoms with Crippen LogP contribution in [0.3, 0.4) is 0 Å². The summed E-state index contributed by atoms with van der Waals surface area (Å²) in [5, 5.41) is 0. The molecule has 0 amide bonds. The summed E-state index contributed by atoms with van der Waals surface area (Å²) in [5.41, 5.74) is 12.1. The zero-order valence-corrected chi connectivity index (χ0v) is 26.0. The summed E-state index contributed by atoms with van der Waals surface area (Å²) < 4.78 is 0. The highest BCUT2D eigenvalue weighted by Crippen LogP contribution is 2.31. The Morgan fingerprint density at radius 1 is 0.550 bits per heavy atom. The van der Waals surface area contributed by atoms with Crippen LogP contribution in [-0.4, -0.2) is 17.4 Å². The summed E-state index contributed by atoms with van der Waals surface area (Å²) in [7, 11) is 0. The van der Waals surface area contributed by atoms with Gasteiger partial charge >= 0.3 is 0 Å². The number of hydrogen-bond acceptors (Lipinski definition) is 3. The third kappa shape index (κ3) is 9.54. The van der Waals surface area contributed by atoms with Gasteiger partial charge in [0.2, 0.25) is 0 Å². The lowest BCUT2D eigenvalue weighted by atomic mass is 9.96. The second-order valence-corrected chi connectivity index (χ2v) is 11.3. The topological polar surface area (TPSA) is 37.6 Å². The van der Waals surface area contributed by atoms with Crippen molar-refractivity contribution in [1.29, 1.82) is 0 Å². The molecule has 1 heterocycles. The van der Waals surface area contributed by atoms with E-state index in [0.717, 1.165) is 48.4 Å². The van der Waals surface area contributed by atoms with Crippen molar-refractivity contribution in [1.82, 2.24) is 4.98 Å². The van der Waals surface area contributed by atoms with Crippen molar-refractivity contribution in [2.75, 3.05) is 0 Å². The highest BCUT2D eigenvalue weighted by Gasteiger charge is 2.11. The number of hydrogen-bond donors (Lipinski definition) is 0. The molecule has 0 fully saturated rings. The Labute approximate surface area is 244 Å². The summed E-state index contributed by atoms with van der Waals surface area (Å²) in [4.78, 5) is 15.0. The van der Waals surface area contributed by atoms with E-state index in [1.165, 1.54) is 84.7 Å². The standard InChI is InChI=1S/C37H51N3/c1-7-11-16-30-22-28(5)23-31(17-12-8-2)36(30)38-26-34-20-15-21-35(40-34)27-39-37-32(18-13-9-3)24-29(6)25-33(37)19-14-10-4/h15,20-27H,7-14,16-19H2,1-6H3. The third-order valence-corrected chi connectivity index (χ3v) is 7.47. The Balaban J connectivity index is 1.93. The molecule has 0 aliphatic carbocycles. The van der Waals surface area contributed by atoms with Crippen LogP contribution in [0.25, 0.3) is 0 Å². The first-order chi connectivity index (χ1) is 19.5. The SMILES string of the molecule is CCCCc1cc(C)cc(CCCC)c1N=Cc1cccc(C=Nc2c(CCCC)cc(C)cc2CCCC)n1. The molecule has 40 heavy (non-hydrogen) atoms. The summed E-state index contributed by atoms with van der Waals surface area (Å²) in [5.74, 6) is 0. The van der Waals surface area contributed by atoms with Crippen molar-refractivity contribution in [2.24, 2.45) is 9.98 Å². The molecule has 0 spiro atoms. The maximum absolute atomic E-state index is 5.06. The molecule has 3 heteroatoms. The second-order valence-electron chi connectivity index (χ2n) is 11.3. The van der Waals surface area contributed by atoms with Crippen LogP contribution in [0.15, 0.2) is 52.4 Å². The fourth-order valence-electron chi connectivity index (χ4n) is 5.31. The average molecular weight is 538 g/mol. The first-order valence-corrected chi connectivity index (χ1v) is 15.8. The van der Waals surface area contributed by atoms with E-state index >= 15 is 0 Å². The molecule has 0 radical (unpaired) electrons. The van der Waals surface area contributed by atoms with Gasteiger partial charge in [-0.2, -0.15) is 0 Å². The normalized spacial score (nSPS) is 11.8. The molecule has 3 aromatic rings. The summed E-state index contributed by atoms with van der Waals surface area (Å²) in [6.45, 7) is 13.4. The van der Waals surface area contributed by atoms with Crippen molar-refractivity contribution in [3.63, 3.8) is 0 Å². The van der Waals surface area contributed by atoms with Crippen molar-refractivity contribution in [3.8, 4) is 0 Å². The average Bonchev–Trinajstić information content (AvgIpc) is 2.95. The van der Waals surface area contributed by atoms with E-state index in [2.05, 4.69) is 71.9 Å². The lowest BCUT2D eigenvalue weighted by molar-refractivity contribution is 0.780. The number of pyridine rings is 1. The zero-order valence-electron chi connectivity index (χ0n) is 26.0. The van der Waals surface area contributed by atoms with Gasteiger partial charge in [0.05, 0.1) is 35.2 Å². The van der Waals surface area contributed by atoms with Crippen LogP contribution in [-0.2, 0) is 25.7 Å². The number of unbranched alkanes of at least 4 members (excludes halogenated alkanes) is 4. The smallest absolute Gasteiger partial charge is 0.0820 e. The fourth-order valence-corrected chi connectivity index (χ4v) is 5.31. The molecule has 0 bridgehead atoms. The molecule has 1 aromatic heterocycles. The molecule has 3 nitrogen and oxygen atoms in total. The first kappa shape index (κ1) is 31.5. The van der Waals surface area contributed by atoms with Gasteiger partial charge in [0, 0.05) is 0 Å². The van der Waals surface area contributed by atoms with E-state index in [9.17, 15) is 0 Å². The van der Waals surface area contributed by atoms with Crippen LogP contribution in [0.4, 0.5) is 11.4 Å². The molecule has 0 unspecified atom stereocenters. The van der Waals surface area contributed by atoms with E-state index in [4.69, 9.17) is 15.0 Å². The van der Waals surface area contributed by atoms with Gasteiger partial charge in [-0.15, -0.1) is 0 Å². The van der Waals surface area contributed by atoms with Crippen molar-refractivity contribution < 1.29 is 0 Å². The van der Waals surface area contributed by atoms with Gasteiger partial charge in [0.15, 0.2) is 0 Å². The number of aliphatic imine (C=N–C) groups is 2. The van der Waals surface area contributed by atoms with Gasteiger partial charge in [-0.1, -0.05) is 94.8 Å². The van der Waals surface area contributed by atoms with Crippen molar-refractivity contribution >= 4 is 23.8 Å². The molecule has 0 atom stereocenters. The van der Waals surface area contributed by atoms with Crippen LogP contribution >= 0.6 is 0 Å². The fraction of sp³-hybridized carbons (Fsp3) is 0.486. The largest absolute Gasteiger partial charge is 0.254 e. The first-order valence-electron chi connectivity index (χ1n) is 15.8. The number of aryl methyl sites for hydroxylation is 6. The number of rotatable bonds is 16. The van der Waals surface area contributed by atoms with Gasteiger partial charge in [-0.05, 0) is 99.6 Å². The third-order valence-electron chi connectivity index (χ3n) is 7.47. The molecule has 0 aliphatic rings. The molecule has 2 aromatic carbocycles. The maximum atomic E-state index is 5.06. The quantitative estimate of drug-likeness (QED) is 0.167. The number of aromatic nitrogens is 1. The van der Waals surface area contributed by atoms with Crippen LogP contribution < -0.4 is 0 Å². The van der Waals surface area contributed by atoms with E-state index < -0.39 is 0 Å².